The zero-order valence-corrected chi connectivity index (χ0v) is 18.0. The third kappa shape index (κ3) is 5.61. The first-order chi connectivity index (χ1) is 14.4. The summed E-state index contributed by atoms with van der Waals surface area (Å²) in [5, 5.41) is 0.644. The molecule has 1 aliphatic carbocycles. The lowest BCUT2D eigenvalue weighted by Crippen LogP contribution is -2.23. The summed E-state index contributed by atoms with van der Waals surface area (Å²) >= 11 is 3.45. The highest BCUT2D eigenvalue weighted by Crippen LogP contribution is 2.45. The standard InChI is InChI=1S/C22H20BrF7O/c1-12(15-8-16(21(25,26)27)10-17(9-15)22(28,29)30)31-19-7-4-14(11-23)20(19)13-2-5-18(24)6-3-13/h2-3,5-6,8-10,12,14,19-20H,4,7,11H2,1H3/t12-,14?,19?,20?/m0/s1. The van der Waals surface area contributed by atoms with Crippen LogP contribution in [0.5, 0.6) is 0 Å². The lowest BCUT2D eigenvalue weighted by Gasteiger charge is -2.28. The third-order valence-electron chi connectivity index (χ3n) is 5.64. The summed E-state index contributed by atoms with van der Waals surface area (Å²) < 4.78 is 98.4. The molecule has 0 amide bonds. The van der Waals surface area contributed by atoms with Gasteiger partial charge in [-0.2, -0.15) is 26.3 Å². The van der Waals surface area contributed by atoms with Crippen molar-refractivity contribution in [2.24, 2.45) is 5.92 Å². The second-order valence-corrected chi connectivity index (χ2v) is 8.37. The number of hydrogen-bond acceptors (Lipinski definition) is 1. The maximum atomic E-state index is 13.3. The van der Waals surface area contributed by atoms with Crippen LogP contribution in [-0.2, 0) is 17.1 Å². The highest BCUT2D eigenvalue weighted by atomic mass is 79.9. The average molecular weight is 513 g/mol. The Balaban J connectivity index is 1.90. The van der Waals surface area contributed by atoms with E-state index in [1.165, 1.54) is 19.1 Å². The van der Waals surface area contributed by atoms with Gasteiger partial charge in [-0.1, -0.05) is 28.1 Å². The van der Waals surface area contributed by atoms with Gasteiger partial charge in [0.15, 0.2) is 0 Å². The van der Waals surface area contributed by atoms with Crippen LogP contribution in [0.25, 0.3) is 0 Å². The zero-order chi connectivity index (χ0) is 23.0. The van der Waals surface area contributed by atoms with E-state index in [0.29, 0.717) is 23.9 Å². The molecule has 9 heteroatoms. The van der Waals surface area contributed by atoms with Crippen LogP contribution in [0, 0.1) is 11.7 Å². The Morgan fingerprint density at radius 3 is 1.97 bits per heavy atom. The average Bonchev–Trinajstić information content (AvgIpc) is 3.09. The highest BCUT2D eigenvalue weighted by molar-refractivity contribution is 9.09. The van der Waals surface area contributed by atoms with Crippen LogP contribution in [-0.4, -0.2) is 11.4 Å². The van der Waals surface area contributed by atoms with Gasteiger partial charge in [0, 0.05) is 11.2 Å². The Morgan fingerprint density at radius 2 is 1.48 bits per heavy atom. The third-order valence-corrected chi connectivity index (χ3v) is 6.47. The number of alkyl halides is 7. The molecule has 1 saturated carbocycles. The van der Waals surface area contributed by atoms with Crippen LogP contribution in [0.15, 0.2) is 42.5 Å². The predicted octanol–water partition coefficient (Wildman–Crippen LogP) is 7.90. The summed E-state index contributed by atoms with van der Waals surface area (Å²) in [6.45, 7) is 1.44. The van der Waals surface area contributed by atoms with Crippen LogP contribution in [0.3, 0.4) is 0 Å². The Hall–Kier alpha value is -1.61. The molecule has 2 aromatic rings. The first kappa shape index (κ1) is 24.0. The second kappa shape index (κ2) is 9.10. The smallest absolute Gasteiger partial charge is 0.370 e. The van der Waals surface area contributed by atoms with Crippen LogP contribution in [0.4, 0.5) is 30.7 Å². The summed E-state index contributed by atoms with van der Waals surface area (Å²) in [7, 11) is 0. The molecule has 0 aromatic heterocycles. The van der Waals surface area contributed by atoms with Gasteiger partial charge in [-0.25, -0.2) is 4.39 Å². The molecule has 170 valence electrons. The number of halogens is 8. The number of benzene rings is 2. The molecule has 3 rings (SSSR count). The van der Waals surface area contributed by atoms with E-state index in [0.717, 1.165) is 12.0 Å². The highest BCUT2D eigenvalue weighted by Gasteiger charge is 2.40. The number of hydrogen-bond donors (Lipinski definition) is 0. The topological polar surface area (TPSA) is 9.23 Å². The minimum Gasteiger partial charge on any atom is -0.370 e. The van der Waals surface area contributed by atoms with Crippen LogP contribution in [0.1, 0.15) is 54.0 Å². The molecule has 0 heterocycles. The summed E-state index contributed by atoms with van der Waals surface area (Å²) in [4.78, 5) is 0. The minimum absolute atomic E-state index is 0.105. The Morgan fingerprint density at radius 1 is 0.935 bits per heavy atom. The van der Waals surface area contributed by atoms with Crippen LogP contribution < -0.4 is 0 Å². The van der Waals surface area contributed by atoms with E-state index in [2.05, 4.69) is 15.9 Å². The van der Waals surface area contributed by atoms with Gasteiger partial charge in [-0.15, -0.1) is 0 Å². The van der Waals surface area contributed by atoms with Crippen molar-refractivity contribution in [3.05, 3.63) is 70.5 Å². The maximum absolute atomic E-state index is 13.3. The molecule has 31 heavy (non-hydrogen) atoms. The summed E-state index contributed by atoms with van der Waals surface area (Å²) in [6.07, 6.45) is -9.89. The Bertz CT molecular complexity index is 860. The molecular formula is C22H20BrF7O. The molecule has 0 spiro atoms. The van der Waals surface area contributed by atoms with Gasteiger partial charge in [-0.05, 0) is 67.1 Å². The van der Waals surface area contributed by atoms with Crippen molar-refractivity contribution < 1.29 is 35.5 Å². The molecule has 1 fully saturated rings. The fourth-order valence-electron chi connectivity index (χ4n) is 4.09. The van der Waals surface area contributed by atoms with Crippen molar-refractivity contribution in [1.82, 2.24) is 0 Å². The van der Waals surface area contributed by atoms with Crippen LogP contribution >= 0.6 is 15.9 Å². The van der Waals surface area contributed by atoms with Gasteiger partial charge in [0.2, 0.25) is 0 Å². The molecule has 1 nitrogen and oxygen atoms in total. The lowest BCUT2D eigenvalue weighted by atomic mass is 9.88. The van der Waals surface area contributed by atoms with E-state index >= 15 is 0 Å². The van der Waals surface area contributed by atoms with E-state index in [4.69, 9.17) is 4.74 Å². The monoisotopic (exact) mass is 512 g/mol. The SMILES string of the molecule is C[C@H](OC1CCC(CBr)C1c1ccc(F)cc1)c1cc(C(F)(F)F)cc(C(F)(F)F)c1. The van der Waals surface area contributed by atoms with Crippen molar-refractivity contribution in [2.75, 3.05) is 5.33 Å². The molecule has 2 aromatic carbocycles. The molecule has 0 radical (unpaired) electrons. The maximum Gasteiger partial charge on any atom is 0.416 e. The molecule has 3 unspecified atom stereocenters. The Kier molecular flexibility index (Phi) is 7.05. The molecule has 0 aliphatic heterocycles. The summed E-state index contributed by atoms with van der Waals surface area (Å²) in [5.41, 5.74) is -2.11. The lowest BCUT2D eigenvalue weighted by molar-refractivity contribution is -0.143. The van der Waals surface area contributed by atoms with Crippen molar-refractivity contribution in [1.29, 1.82) is 0 Å². The quantitative estimate of drug-likeness (QED) is 0.292. The molecule has 0 saturated heterocycles. The van der Waals surface area contributed by atoms with Gasteiger partial charge in [0.1, 0.15) is 5.82 Å². The van der Waals surface area contributed by atoms with Gasteiger partial charge in [0.05, 0.1) is 23.3 Å². The first-order valence-corrected chi connectivity index (χ1v) is 10.8. The van der Waals surface area contributed by atoms with E-state index < -0.39 is 41.5 Å². The van der Waals surface area contributed by atoms with Gasteiger partial charge >= 0.3 is 12.4 Å². The van der Waals surface area contributed by atoms with Gasteiger partial charge < -0.3 is 4.74 Å². The fourth-order valence-corrected chi connectivity index (χ4v) is 4.82. The van der Waals surface area contributed by atoms with Crippen molar-refractivity contribution in [3.8, 4) is 0 Å². The summed E-state index contributed by atoms with van der Waals surface area (Å²) in [5.74, 6) is -0.406. The molecule has 0 bridgehead atoms. The normalized spacial score (nSPS) is 23.2. The van der Waals surface area contributed by atoms with E-state index in [9.17, 15) is 30.7 Å². The molecule has 1 aliphatic rings. The number of rotatable bonds is 5. The van der Waals surface area contributed by atoms with Crippen LogP contribution in [0.2, 0.25) is 0 Å². The fraction of sp³-hybridized carbons (Fsp3) is 0.455. The summed E-state index contributed by atoms with van der Waals surface area (Å²) in [6, 6.07) is 7.41. The van der Waals surface area contributed by atoms with Crippen molar-refractivity contribution in [3.63, 3.8) is 0 Å². The predicted molar refractivity (Wildman–Crippen MR) is 105 cm³/mol. The molecule has 0 N–H and O–H groups in total. The Labute approximate surface area is 183 Å². The van der Waals surface area contributed by atoms with E-state index in [1.54, 1.807) is 12.1 Å². The molecule has 4 atom stereocenters. The minimum atomic E-state index is -4.92. The molecular weight excluding hydrogens is 493 g/mol. The second-order valence-electron chi connectivity index (χ2n) is 7.73. The largest absolute Gasteiger partial charge is 0.416 e. The van der Waals surface area contributed by atoms with Gasteiger partial charge in [0.25, 0.3) is 0 Å². The first-order valence-electron chi connectivity index (χ1n) is 9.66. The van der Waals surface area contributed by atoms with Crippen molar-refractivity contribution >= 4 is 15.9 Å². The van der Waals surface area contributed by atoms with Gasteiger partial charge in [-0.3, -0.25) is 0 Å². The number of ether oxygens (including phenoxy) is 1. The van der Waals surface area contributed by atoms with E-state index in [-0.39, 0.29) is 23.5 Å². The van der Waals surface area contributed by atoms with Crippen molar-refractivity contribution in [2.45, 2.75) is 50.2 Å². The van der Waals surface area contributed by atoms with E-state index in [1.807, 2.05) is 0 Å². The zero-order valence-electron chi connectivity index (χ0n) is 16.4.